The lowest BCUT2D eigenvalue weighted by Crippen LogP contribution is -2.48. The van der Waals surface area contributed by atoms with Crippen LogP contribution in [0, 0.1) is 0 Å². The van der Waals surface area contributed by atoms with E-state index >= 15 is 0 Å². The average molecular weight is 273 g/mol. The number of hydrogen-bond acceptors (Lipinski definition) is 4. The third-order valence-electron chi connectivity index (χ3n) is 2.39. The van der Waals surface area contributed by atoms with Gasteiger partial charge in [0.15, 0.2) is 0 Å². The molecule has 0 heterocycles. The molecule has 1 unspecified atom stereocenters. The number of nitrogens with zero attached hydrogens (tertiary/aromatic N) is 1. The molecule has 0 aliphatic carbocycles. The number of ether oxygens (including phenoxy) is 1. The second kappa shape index (κ2) is 5.67. The second-order valence-electron chi connectivity index (χ2n) is 3.50. The summed E-state index contributed by atoms with van der Waals surface area (Å²) in [6.45, 7) is 1.09. The van der Waals surface area contributed by atoms with E-state index in [0.717, 1.165) is 18.2 Å². The molecule has 0 aliphatic heterocycles. The van der Waals surface area contributed by atoms with Gasteiger partial charge in [0.1, 0.15) is 0 Å². The SMILES string of the molecule is CCOC(=O)C(N=C=O)(c1ccccc1)C(F)(F)F. The van der Waals surface area contributed by atoms with Crippen molar-refractivity contribution >= 4 is 12.0 Å². The number of alkyl halides is 3. The minimum Gasteiger partial charge on any atom is -0.464 e. The molecule has 0 fully saturated rings. The van der Waals surface area contributed by atoms with Gasteiger partial charge in [-0.3, -0.25) is 0 Å². The maximum Gasteiger partial charge on any atom is 0.429 e. The summed E-state index contributed by atoms with van der Waals surface area (Å²) >= 11 is 0. The van der Waals surface area contributed by atoms with E-state index in [2.05, 4.69) is 9.73 Å². The third kappa shape index (κ3) is 2.66. The summed E-state index contributed by atoms with van der Waals surface area (Å²) in [5, 5.41) is 0. The van der Waals surface area contributed by atoms with Crippen molar-refractivity contribution < 1.29 is 27.5 Å². The van der Waals surface area contributed by atoms with E-state index in [1.165, 1.54) is 25.1 Å². The van der Waals surface area contributed by atoms with E-state index in [1.807, 2.05) is 0 Å². The lowest BCUT2D eigenvalue weighted by molar-refractivity contribution is -0.207. The maximum atomic E-state index is 13.2. The standard InChI is InChI=1S/C12H10F3NO3/c1-2-19-10(18)11(16-8-17,12(13,14)15)9-6-4-3-5-7-9/h3-7H,2H2,1H3. The minimum absolute atomic E-state index is 0.266. The molecule has 1 rings (SSSR count). The Morgan fingerprint density at radius 1 is 1.32 bits per heavy atom. The Balaban J connectivity index is 3.54. The fourth-order valence-electron chi connectivity index (χ4n) is 1.55. The van der Waals surface area contributed by atoms with Crippen molar-refractivity contribution in [2.75, 3.05) is 6.61 Å². The first-order valence-corrected chi connectivity index (χ1v) is 5.28. The summed E-state index contributed by atoms with van der Waals surface area (Å²) in [6.07, 6.45) is -4.31. The van der Waals surface area contributed by atoms with Crippen LogP contribution in [0.3, 0.4) is 0 Å². The Labute approximate surface area is 106 Å². The zero-order chi connectivity index (χ0) is 14.5. The molecule has 1 aromatic carbocycles. The summed E-state index contributed by atoms with van der Waals surface area (Å²) in [4.78, 5) is 24.7. The molecule has 0 amide bonds. The number of rotatable bonds is 4. The largest absolute Gasteiger partial charge is 0.464 e. The van der Waals surface area contributed by atoms with Gasteiger partial charge in [-0.2, -0.15) is 18.2 Å². The van der Waals surface area contributed by atoms with E-state index in [-0.39, 0.29) is 6.61 Å². The van der Waals surface area contributed by atoms with Crippen LogP contribution in [0.4, 0.5) is 13.2 Å². The highest BCUT2D eigenvalue weighted by Crippen LogP contribution is 2.43. The minimum atomic E-state index is -5.11. The van der Waals surface area contributed by atoms with Crippen LogP contribution in [0.25, 0.3) is 0 Å². The van der Waals surface area contributed by atoms with Gasteiger partial charge in [-0.1, -0.05) is 30.3 Å². The first kappa shape index (κ1) is 14.9. The zero-order valence-electron chi connectivity index (χ0n) is 9.90. The molecular weight excluding hydrogens is 263 g/mol. The van der Waals surface area contributed by atoms with Crippen molar-refractivity contribution in [3.05, 3.63) is 35.9 Å². The van der Waals surface area contributed by atoms with Gasteiger partial charge in [-0.05, 0) is 6.92 Å². The number of hydrogen-bond donors (Lipinski definition) is 0. The van der Waals surface area contributed by atoms with Gasteiger partial charge < -0.3 is 4.74 Å². The maximum absolute atomic E-state index is 13.2. The van der Waals surface area contributed by atoms with Crippen molar-refractivity contribution in [1.82, 2.24) is 0 Å². The van der Waals surface area contributed by atoms with Gasteiger partial charge in [-0.15, -0.1) is 0 Å². The lowest BCUT2D eigenvalue weighted by Gasteiger charge is -2.28. The van der Waals surface area contributed by atoms with Gasteiger partial charge in [0.05, 0.1) is 6.61 Å². The van der Waals surface area contributed by atoms with E-state index in [9.17, 15) is 22.8 Å². The van der Waals surface area contributed by atoms with Gasteiger partial charge >= 0.3 is 12.1 Å². The van der Waals surface area contributed by atoms with Crippen LogP contribution in [0.15, 0.2) is 35.3 Å². The number of esters is 1. The summed E-state index contributed by atoms with van der Waals surface area (Å²) in [5.41, 5.74) is -3.87. The fourth-order valence-corrected chi connectivity index (χ4v) is 1.55. The quantitative estimate of drug-likeness (QED) is 0.480. The summed E-state index contributed by atoms with van der Waals surface area (Å²) in [7, 11) is 0. The van der Waals surface area contributed by atoms with Gasteiger partial charge in [-0.25, -0.2) is 9.59 Å². The molecule has 0 saturated carbocycles. The summed E-state index contributed by atoms with van der Waals surface area (Å²) in [5.74, 6) is -1.66. The Morgan fingerprint density at radius 2 is 1.89 bits per heavy atom. The van der Waals surface area contributed by atoms with Crippen LogP contribution in [-0.4, -0.2) is 24.8 Å². The monoisotopic (exact) mass is 273 g/mol. The van der Waals surface area contributed by atoms with Gasteiger partial charge in [0.2, 0.25) is 6.08 Å². The van der Waals surface area contributed by atoms with Crippen molar-refractivity contribution in [3.63, 3.8) is 0 Å². The first-order chi connectivity index (χ1) is 8.90. The number of halogens is 3. The van der Waals surface area contributed by atoms with Crippen LogP contribution in [0.1, 0.15) is 12.5 Å². The van der Waals surface area contributed by atoms with Crippen LogP contribution >= 0.6 is 0 Å². The van der Waals surface area contributed by atoms with Crippen molar-refractivity contribution in [2.45, 2.75) is 18.6 Å². The second-order valence-corrected chi connectivity index (χ2v) is 3.50. The summed E-state index contributed by atoms with van der Waals surface area (Å²) < 4.78 is 44.2. The van der Waals surface area contributed by atoms with Crippen molar-refractivity contribution in [1.29, 1.82) is 0 Å². The van der Waals surface area contributed by atoms with E-state index in [4.69, 9.17) is 0 Å². The van der Waals surface area contributed by atoms with Crippen LogP contribution in [-0.2, 0) is 19.9 Å². The molecule has 1 atom stereocenters. The predicted octanol–water partition coefficient (Wildman–Crippen LogP) is 2.34. The molecule has 102 valence electrons. The smallest absolute Gasteiger partial charge is 0.429 e. The zero-order valence-corrected chi connectivity index (χ0v) is 9.90. The predicted molar refractivity (Wildman–Crippen MR) is 58.9 cm³/mol. The molecule has 0 spiro atoms. The molecule has 0 aliphatic rings. The van der Waals surface area contributed by atoms with E-state index < -0.39 is 23.2 Å². The fraction of sp³-hybridized carbons (Fsp3) is 0.333. The highest BCUT2D eigenvalue weighted by Gasteiger charge is 2.63. The number of carbonyl (C=O) groups excluding carboxylic acids is 2. The van der Waals surface area contributed by atoms with Crippen molar-refractivity contribution in [3.8, 4) is 0 Å². The van der Waals surface area contributed by atoms with E-state index in [0.29, 0.717) is 0 Å². The Bertz CT molecular complexity index is 495. The van der Waals surface area contributed by atoms with E-state index in [1.54, 1.807) is 0 Å². The molecule has 0 bridgehead atoms. The van der Waals surface area contributed by atoms with Crippen molar-refractivity contribution in [2.24, 2.45) is 4.99 Å². The lowest BCUT2D eigenvalue weighted by atomic mass is 9.90. The number of carbonyl (C=O) groups is 1. The average Bonchev–Trinajstić information content (AvgIpc) is 2.35. The molecule has 4 nitrogen and oxygen atoms in total. The molecule has 1 aromatic rings. The number of aliphatic imine (C=N–C) groups is 1. The van der Waals surface area contributed by atoms with Crippen LogP contribution in [0.2, 0.25) is 0 Å². The van der Waals surface area contributed by atoms with Gasteiger partial charge in [0.25, 0.3) is 5.54 Å². The Kier molecular flexibility index (Phi) is 4.45. The molecule has 19 heavy (non-hydrogen) atoms. The van der Waals surface area contributed by atoms with Crippen LogP contribution in [0.5, 0.6) is 0 Å². The Hall–Kier alpha value is -2.14. The number of isocyanates is 1. The molecule has 7 heteroatoms. The highest BCUT2D eigenvalue weighted by atomic mass is 19.4. The van der Waals surface area contributed by atoms with Gasteiger partial charge in [0, 0.05) is 5.56 Å². The third-order valence-corrected chi connectivity index (χ3v) is 2.39. The molecule has 0 saturated heterocycles. The molecule has 0 N–H and O–H groups in total. The molecule has 0 radical (unpaired) electrons. The number of benzene rings is 1. The normalized spacial score (nSPS) is 14.1. The first-order valence-electron chi connectivity index (χ1n) is 5.28. The summed E-state index contributed by atoms with van der Waals surface area (Å²) in [6, 6.07) is 6.17. The molecule has 0 aromatic heterocycles. The van der Waals surface area contributed by atoms with Crippen LogP contribution < -0.4 is 0 Å². The topological polar surface area (TPSA) is 55.7 Å². The highest BCUT2D eigenvalue weighted by molar-refractivity contribution is 5.85. The molecular formula is C12H10F3NO3. The Morgan fingerprint density at radius 3 is 2.32 bits per heavy atom.